The molecule has 2 aromatic rings. The third-order valence-corrected chi connectivity index (χ3v) is 3.42. The number of rotatable bonds is 2. The third kappa shape index (κ3) is 2.22. The van der Waals surface area contributed by atoms with Crippen molar-refractivity contribution in [2.24, 2.45) is 0 Å². The molecule has 2 heterocycles. The van der Waals surface area contributed by atoms with E-state index in [9.17, 15) is 0 Å². The van der Waals surface area contributed by atoms with E-state index in [0.29, 0.717) is 6.04 Å². The molecule has 1 aromatic carbocycles. The molecule has 1 atom stereocenters. The van der Waals surface area contributed by atoms with Gasteiger partial charge in [-0.1, -0.05) is 30.3 Å². The number of nitrogens with zero attached hydrogens (tertiary/aromatic N) is 2. The van der Waals surface area contributed by atoms with Crippen molar-refractivity contribution >= 4 is 5.69 Å². The average Bonchev–Trinajstić information content (AvgIpc) is 2.49. The van der Waals surface area contributed by atoms with E-state index in [-0.39, 0.29) is 0 Å². The lowest BCUT2D eigenvalue weighted by Crippen LogP contribution is -2.46. The first kappa shape index (κ1) is 11.2. The van der Waals surface area contributed by atoms with Crippen LogP contribution in [0.3, 0.4) is 0 Å². The monoisotopic (exact) mass is 239 g/mol. The van der Waals surface area contributed by atoms with Gasteiger partial charge in [-0.3, -0.25) is 4.98 Å². The van der Waals surface area contributed by atoms with Crippen LogP contribution >= 0.6 is 0 Å². The van der Waals surface area contributed by atoms with Gasteiger partial charge in [0, 0.05) is 37.7 Å². The van der Waals surface area contributed by atoms with Crippen molar-refractivity contribution in [2.45, 2.75) is 6.04 Å². The van der Waals surface area contributed by atoms with Crippen molar-refractivity contribution in [2.75, 3.05) is 24.5 Å². The van der Waals surface area contributed by atoms with E-state index in [4.69, 9.17) is 0 Å². The Kier molecular flexibility index (Phi) is 3.24. The molecular weight excluding hydrogens is 222 g/mol. The number of hydrogen-bond acceptors (Lipinski definition) is 3. The fourth-order valence-corrected chi connectivity index (χ4v) is 2.52. The van der Waals surface area contributed by atoms with Gasteiger partial charge < -0.3 is 10.2 Å². The molecule has 1 aliphatic heterocycles. The highest BCUT2D eigenvalue weighted by Crippen LogP contribution is 2.27. The summed E-state index contributed by atoms with van der Waals surface area (Å²) in [6.07, 6.45) is 3.72. The summed E-state index contributed by atoms with van der Waals surface area (Å²) in [5.41, 5.74) is 2.61. The molecule has 1 aliphatic rings. The number of nitrogens with one attached hydrogen (secondary N) is 1. The standard InChI is InChI=1S/C15H17N3/c1-2-4-13(5-3-1)15-12-17-10-11-18(15)14-6-8-16-9-7-14/h1-9,15,17H,10-12H2. The maximum absolute atomic E-state index is 4.10. The van der Waals surface area contributed by atoms with Crippen molar-refractivity contribution < 1.29 is 0 Å². The topological polar surface area (TPSA) is 28.2 Å². The maximum atomic E-state index is 4.10. The predicted octanol–water partition coefficient (Wildman–Crippen LogP) is 2.23. The summed E-state index contributed by atoms with van der Waals surface area (Å²) in [5.74, 6) is 0. The van der Waals surface area contributed by atoms with Crippen molar-refractivity contribution in [3.05, 3.63) is 60.4 Å². The van der Waals surface area contributed by atoms with Gasteiger partial charge in [-0.25, -0.2) is 0 Å². The molecule has 0 amide bonds. The highest BCUT2D eigenvalue weighted by molar-refractivity contribution is 5.48. The van der Waals surface area contributed by atoms with E-state index in [2.05, 4.69) is 57.7 Å². The van der Waals surface area contributed by atoms with Crippen LogP contribution in [0.15, 0.2) is 54.9 Å². The Labute approximate surface area is 107 Å². The Morgan fingerprint density at radius 1 is 1.06 bits per heavy atom. The molecule has 3 nitrogen and oxygen atoms in total. The Hall–Kier alpha value is -1.87. The minimum atomic E-state index is 0.405. The van der Waals surface area contributed by atoms with Gasteiger partial charge in [0.25, 0.3) is 0 Å². The van der Waals surface area contributed by atoms with E-state index in [0.717, 1.165) is 19.6 Å². The molecule has 0 radical (unpaired) electrons. The van der Waals surface area contributed by atoms with E-state index >= 15 is 0 Å². The van der Waals surface area contributed by atoms with Gasteiger partial charge in [-0.15, -0.1) is 0 Å². The first-order chi connectivity index (χ1) is 8.95. The molecule has 1 saturated heterocycles. The lowest BCUT2D eigenvalue weighted by atomic mass is 10.0. The first-order valence-corrected chi connectivity index (χ1v) is 6.37. The molecule has 0 bridgehead atoms. The molecule has 3 rings (SSSR count). The predicted molar refractivity (Wildman–Crippen MR) is 73.6 cm³/mol. The molecular formula is C15H17N3. The number of piperazine rings is 1. The zero-order chi connectivity index (χ0) is 12.2. The molecule has 92 valence electrons. The van der Waals surface area contributed by atoms with E-state index in [1.165, 1.54) is 11.3 Å². The molecule has 3 heteroatoms. The van der Waals surface area contributed by atoms with Crippen LogP contribution in [0.2, 0.25) is 0 Å². The number of hydrogen-bond donors (Lipinski definition) is 1. The van der Waals surface area contributed by atoms with E-state index in [1.54, 1.807) is 0 Å². The number of benzene rings is 1. The molecule has 1 N–H and O–H groups in total. The van der Waals surface area contributed by atoms with Crippen LogP contribution in [-0.4, -0.2) is 24.6 Å². The maximum Gasteiger partial charge on any atom is 0.0667 e. The fourth-order valence-electron chi connectivity index (χ4n) is 2.52. The van der Waals surface area contributed by atoms with Crippen molar-refractivity contribution in [3.63, 3.8) is 0 Å². The van der Waals surface area contributed by atoms with Gasteiger partial charge in [-0.2, -0.15) is 0 Å². The van der Waals surface area contributed by atoms with Crippen LogP contribution in [0, 0.1) is 0 Å². The number of pyridine rings is 1. The molecule has 0 spiro atoms. The quantitative estimate of drug-likeness (QED) is 0.871. The third-order valence-electron chi connectivity index (χ3n) is 3.42. The van der Waals surface area contributed by atoms with E-state index in [1.807, 2.05) is 12.4 Å². The molecule has 1 aromatic heterocycles. The van der Waals surface area contributed by atoms with Crippen LogP contribution in [0.4, 0.5) is 5.69 Å². The molecule has 0 aliphatic carbocycles. The Balaban J connectivity index is 1.92. The summed E-state index contributed by atoms with van der Waals surface area (Å²) in [5, 5.41) is 3.48. The lowest BCUT2D eigenvalue weighted by Gasteiger charge is -2.38. The second-order valence-electron chi connectivity index (χ2n) is 4.53. The second kappa shape index (κ2) is 5.19. The summed E-state index contributed by atoms with van der Waals surface area (Å²) in [6.45, 7) is 3.06. The summed E-state index contributed by atoms with van der Waals surface area (Å²) in [7, 11) is 0. The largest absolute Gasteiger partial charge is 0.362 e. The summed E-state index contributed by atoms with van der Waals surface area (Å²) in [4.78, 5) is 6.55. The normalized spacial score (nSPS) is 19.8. The minimum absolute atomic E-state index is 0.405. The Morgan fingerprint density at radius 2 is 1.83 bits per heavy atom. The SMILES string of the molecule is c1ccc(C2CNCCN2c2ccncc2)cc1. The smallest absolute Gasteiger partial charge is 0.0667 e. The van der Waals surface area contributed by atoms with Gasteiger partial charge >= 0.3 is 0 Å². The number of aromatic nitrogens is 1. The van der Waals surface area contributed by atoms with Gasteiger partial charge in [0.2, 0.25) is 0 Å². The van der Waals surface area contributed by atoms with E-state index < -0.39 is 0 Å². The number of anilines is 1. The zero-order valence-corrected chi connectivity index (χ0v) is 10.3. The first-order valence-electron chi connectivity index (χ1n) is 6.37. The Bertz CT molecular complexity index is 436. The van der Waals surface area contributed by atoms with Gasteiger partial charge in [-0.05, 0) is 17.7 Å². The van der Waals surface area contributed by atoms with Gasteiger partial charge in [0.05, 0.1) is 6.04 Å². The van der Waals surface area contributed by atoms with Crippen LogP contribution < -0.4 is 10.2 Å². The molecule has 0 saturated carbocycles. The minimum Gasteiger partial charge on any atom is -0.362 e. The lowest BCUT2D eigenvalue weighted by molar-refractivity contribution is 0.490. The van der Waals surface area contributed by atoms with Crippen LogP contribution in [0.5, 0.6) is 0 Å². The van der Waals surface area contributed by atoms with Crippen molar-refractivity contribution in [1.82, 2.24) is 10.3 Å². The fraction of sp³-hybridized carbons (Fsp3) is 0.267. The summed E-state index contributed by atoms with van der Waals surface area (Å²) in [6, 6.07) is 15.3. The Morgan fingerprint density at radius 3 is 2.61 bits per heavy atom. The highest BCUT2D eigenvalue weighted by atomic mass is 15.2. The van der Waals surface area contributed by atoms with Gasteiger partial charge in [0.1, 0.15) is 0 Å². The van der Waals surface area contributed by atoms with Crippen LogP contribution in [-0.2, 0) is 0 Å². The zero-order valence-electron chi connectivity index (χ0n) is 10.3. The van der Waals surface area contributed by atoms with Crippen molar-refractivity contribution in [1.29, 1.82) is 0 Å². The molecule has 1 fully saturated rings. The van der Waals surface area contributed by atoms with Crippen molar-refractivity contribution in [3.8, 4) is 0 Å². The second-order valence-corrected chi connectivity index (χ2v) is 4.53. The summed E-state index contributed by atoms with van der Waals surface area (Å²) < 4.78 is 0. The van der Waals surface area contributed by atoms with Crippen LogP contribution in [0.1, 0.15) is 11.6 Å². The highest BCUT2D eigenvalue weighted by Gasteiger charge is 2.23. The molecule has 18 heavy (non-hydrogen) atoms. The average molecular weight is 239 g/mol. The van der Waals surface area contributed by atoms with Gasteiger partial charge in [0.15, 0.2) is 0 Å². The van der Waals surface area contributed by atoms with Crippen LogP contribution in [0.25, 0.3) is 0 Å². The molecule has 1 unspecified atom stereocenters. The summed E-state index contributed by atoms with van der Waals surface area (Å²) >= 11 is 0.